The average Bonchev–Trinajstić information content (AvgIpc) is 2.76. The molecule has 3 aromatic rings. The van der Waals surface area contributed by atoms with E-state index in [-0.39, 0.29) is 12.4 Å². The van der Waals surface area contributed by atoms with E-state index in [1.807, 2.05) is 0 Å². The summed E-state index contributed by atoms with van der Waals surface area (Å²) in [6.07, 6.45) is 0.224. The molecule has 0 spiro atoms. The van der Waals surface area contributed by atoms with Crippen LogP contribution >= 0.6 is 23.2 Å². The monoisotopic (exact) mass is 440 g/mol. The molecule has 0 saturated heterocycles. The van der Waals surface area contributed by atoms with Gasteiger partial charge in [-0.1, -0.05) is 30.1 Å². The van der Waals surface area contributed by atoms with Crippen LogP contribution in [-0.4, -0.2) is 5.97 Å². The number of carbonyl (C=O) groups excluding carboxylic acids is 1. The number of rotatable bonds is 7. The van der Waals surface area contributed by atoms with Crippen molar-refractivity contribution in [1.29, 1.82) is 5.26 Å². The SMILES string of the molecule is CCC(=O)Oc1ccc(Cl)cc1C(C#N)Nc1ccc(Oc2ccc(Cl)cc2)cc1. The van der Waals surface area contributed by atoms with Crippen LogP contribution in [0.3, 0.4) is 0 Å². The van der Waals surface area contributed by atoms with E-state index in [1.54, 1.807) is 73.7 Å². The number of anilines is 1. The highest BCUT2D eigenvalue weighted by molar-refractivity contribution is 6.30. The Labute approximate surface area is 184 Å². The maximum atomic E-state index is 11.7. The van der Waals surface area contributed by atoms with Gasteiger partial charge in [0.2, 0.25) is 0 Å². The van der Waals surface area contributed by atoms with Crippen molar-refractivity contribution in [2.75, 3.05) is 5.32 Å². The molecule has 0 saturated carbocycles. The largest absolute Gasteiger partial charge is 0.457 e. The standard InChI is InChI=1S/C23H18Cl2N2O3/c1-2-23(28)30-22-12-5-16(25)13-20(22)21(14-26)27-17-6-10-19(11-7-17)29-18-8-3-15(24)4-9-18/h3-13,21,27H,2H2,1H3. The molecule has 30 heavy (non-hydrogen) atoms. The zero-order valence-corrected chi connectivity index (χ0v) is 17.6. The second-order valence-corrected chi connectivity index (χ2v) is 7.17. The van der Waals surface area contributed by atoms with E-state index >= 15 is 0 Å². The lowest BCUT2D eigenvalue weighted by Crippen LogP contribution is -2.13. The maximum Gasteiger partial charge on any atom is 0.310 e. The van der Waals surface area contributed by atoms with Crippen LogP contribution in [0, 0.1) is 11.3 Å². The van der Waals surface area contributed by atoms with Crippen LogP contribution in [0.4, 0.5) is 5.69 Å². The molecule has 0 aliphatic carbocycles. The summed E-state index contributed by atoms with van der Waals surface area (Å²) in [5.41, 5.74) is 1.17. The van der Waals surface area contributed by atoms with Crippen LogP contribution in [0.15, 0.2) is 66.7 Å². The lowest BCUT2D eigenvalue weighted by molar-refractivity contribution is -0.134. The lowest BCUT2D eigenvalue weighted by atomic mass is 10.1. The molecule has 3 aromatic carbocycles. The van der Waals surface area contributed by atoms with Gasteiger partial charge < -0.3 is 14.8 Å². The first-order chi connectivity index (χ1) is 14.5. The van der Waals surface area contributed by atoms with E-state index in [1.165, 1.54) is 0 Å². The third-order valence-corrected chi connectivity index (χ3v) is 4.63. The number of hydrogen-bond acceptors (Lipinski definition) is 5. The lowest BCUT2D eigenvalue weighted by Gasteiger charge is -2.17. The van der Waals surface area contributed by atoms with Crippen molar-refractivity contribution in [2.24, 2.45) is 0 Å². The number of esters is 1. The van der Waals surface area contributed by atoms with Gasteiger partial charge in [0.25, 0.3) is 0 Å². The topological polar surface area (TPSA) is 71.4 Å². The second kappa shape index (κ2) is 10.0. The van der Waals surface area contributed by atoms with Crippen molar-refractivity contribution in [3.63, 3.8) is 0 Å². The van der Waals surface area contributed by atoms with Gasteiger partial charge >= 0.3 is 5.97 Å². The third kappa shape index (κ3) is 5.66. The van der Waals surface area contributed by atoms with Crippen molar-refractivity contribution < 1.29 is 14.3 Å². The summed E-state index contributed by atoms with van der Waals surface area (Å²) in [5, 5.41) is 13.9. The number of halogens is 2. The Hall–Kier alpha value is -3.20. The highest BCUT2D eigenvalue weighted by atomic mass is 35.5. The minimum Gasteiger partial charge on any atom is -0.457 e. The van der Waals surface area contributed by atoms with E-state index in [0.717, 1.165) is 0 Å². The van der Waals surface area contributed by atoms with E-state index in [0.29, 0.717) is 38.5 Å². The smallest absolute Gasteiger partial charge is 0.310 e. The predicted molar refractivity (Wildman–Crippen MR) is 117 cm³/mol. The average molecular weight is 441 g/mol. The molecule has 0 aromatic heterocycles. The first-order valence-corrected chi connectivity index (χ1v) is 9.94. The zero-order valence-electron chi connectivity index (χ0n) is 16.1. The van der Waals surface area contributed by atoms with Gasteiger partial charge in [-0.2, -0.15) is 5.26 Å². The number of ether oxygens (including phenoxy) is 2. The first-order valence-electron chi connectivity index (χ1n) is 9.18. The summed E-state index contributed by atoms with van der Waals surface area (Å²) >= 11 is 12.0. The molecule has 1 N–H and O–H groups in total. The normalized spacial score (nSPS) is 11.3. The summed E-state index contributed by atoms with van der Waals surface area (Å²) in [6.45, 7) is 1.70. The van der Waals surface area contributed by atoms with E-state index in [2.05, 4.69) is 11.4 Å². The highest BCUT2D eigenvalue weighted by Gasteiger charge is 2.18. The van der Waals surface area contributed by atoms with Crippen molar-refractivity contribution in [1.82, 2.24) is 0 Å². The Morgan fingerprint density at radius 3 is 2.20 bits per heavy atom. The number of nitrogens with zero attached hydrogens (tertiary/aromatic N) is 1. The molecule has 0 bridgehead atoms. The van der Waals surface area contributed by atoms with Gasteiger partial charge in [-0.25, -0.2) is 0 Å². The number of nitriles is 1. The van der Waals surface area contributed by atoms with Crippen molar-refractivity contribution in [3.8, 4) is 23.3 Å². The highest BCUT2D eigenvalue weighted by Crippen LogP contribution is 2.32. The molecule has 3 rings (SSSR count). The third-order valence-electron chi connectivity index (χ3n) is 4.14. The van der Waals surface area contributed by atoms with Gasteiger partial charge in [0.1, 0.15) is 23.3 Å². The van der Waals surface area contributed by atoms with Crippen LogP contribution in [0.25, 0.3) is 0 Å². The van der Waals surface area contributed by atoms with Crippen LogP contribution in [0.5, 0.6) is 17.2 Å². The quantitative estimate of drug-likeness (QED) is 0.323. The van der Waals surface area contributed by atoms with Gasteiger partial charge in [-0.15, -0.1) is 0 Å². The van der Waals surface area contributed by atoms with Crippen LogP contribution < -0.4 is 14.8 Å². The fourth-order valence-corrected chi connectivity index (χ4v) is 2.94. The maximum absolute atomic E-state index is 11.7. The van der Waals surface area contributed by atoms with Crippen LogP contribution in [0.2, 0.25) is 10.0 Å². The Morgan fingerprint density at radius 1 is 1.00 bits per heavy atom. The summed E-state index contributed by atoms with van der Waals surface area (Å²) in [5.74, 6) is 1.21. The summed E-state index contributed by atoms with van der Waals surface area (Å²) in [6, 6.07) is 20.4. The molecule has 0 fully saturated rings. The molecule has 7 heteroatoms. The molecule has 0 amide bonds. The van der Waals surface area contributed by atoms with Crippen LogP contribution in [0.1, 0.15) is 24.9 Å². The van der Waals surface area contributed by atoms with Crippen molar-refractivity contribution in [3.05, 3.63) is 82.3 Å². The van der Waals surface area contributed by atoms with E-state index in [4.69, 9.17) is 32.7 Å². The number of carbonyl (C=O) groups is 1. The summed E-state index contributed by atoms with van der Waals surface area (Å²) < 4.78 is 11.1. The van der Waals surface area contributed by atoms with Crippen molar-refractivity contribution in [2.45, 2.75) is 19.4 Å². The van der Waals surface area contributed by atoms with Gasteiger partial charge in [0.15, 0.2) is 0 Å². The predicted octanol–water partition coefficient (Wildman–Crippen LogP) is 6.78. The molecule has 0 heterocycles. The van der Waals surface area contributed by atoms with E-state index < -0.39 is 6.04 Å². The molecule has 5 nitrogen and oxygen atoms in total. The molecular weight excluding hydrogens is 423 g/mol. The Kier molecular flexibility index (Phi) is 7.18. The van der Waals surface area contributed by atoms with Gasteiger partial charge in [0, 0.05) is 27.7 Å². The molecule has 0 aliphatic heterocycles. The molecule has 0 radical (unpaired) electrons. The number of hydrogen-bond donors (Lipinski definition) is 1. The molecule has 0 aliphatic rings. The molecule has 1 atom stereocenters. The van der Waals surface area contributed by atoms with Gasteiger partial charge in [-0.05, 0) is 66.7 Å². The fourth-order valence-electron chi connectivity index (χ4n) is 2.64. The van der Waals surface area contributed by atoms with Gasteiger partial charge in [0.05, 0.1) is 6.07 Å². The molecule has 1 unspecified atom stereocenters. The number of benzene rings is 3. The molecule has 152 valence electrons. The Morgan fingerprint density at radius 2 is 1.60 bits per heavy atom. The summed E-state index contributed by atoms with van der Waals surface area (Å²) in [7, 11) is 0. The van der Waals surface area contributed by atoms with Crippen LogP contribution in [-0.2, 0) is 4.79 Å². The zero-order chi connectivity index (χ0) is 21.5. The van der Waals surface area contributed by atoms with E-state index in [9.17, 15) is 10.1 Å². The fraction of sp³-hybridized carbons (Fsp3) is 0.130. The Balaban J connectivity index is 1.76. The Bertz CT molecular complexity index is 1060. The first kappa shape index (κ1) is 21.5. The van der Waals surface area contributed by atoms with Crippen molar-refractivity contribution >= 4 is 34.9 Å². The number of nitrogens with one attached hydrogen (secondary N) is 1. The summed E-state index contributed by atoms with van der Waals surface area (Å²) in [4.78, 5) is 11.7. The second-order valence-electron chi connectivity index (χ2n) is 6.30. The minimum atomic E-state index is -0.772. The van der Waals surface area contributed by atoms with Gasteiger partial charge in [-0.3, -0.25) is 4.79 Å². The minimum absolute atomic E-state index is 0.224. The molecular formula is C23H18Cl2N2O3.